The molecule has 0 radical (unpaired) electrons. The zero-order valence-electron chi connectivity index (χ0n) is 13.5. The van der Waals surface area contributed by atoms with Crippen molar-refractivity contribution in [2.75, 3.05) is 18.0 Å². The van der Waals surface area contributed by atoms with Crippen LogP contribution in [-0.4, -0.2) is 32.6 Å². The molecule has 23 heavy (non-hydrogen) atoms. The fourth-order valence-electron chi connectivity index (χ4n) is 3.40. The number of piperidine rings is 1. The zero-order valence-corrected chi connectivity index (χ0v) is 14.2. The average molecular weight is 332 g/mol. The first-order valence-corrected chi connectivity index (χ1v) is 8.82. The summed E-state index contributed by atoms with van der Waals surface area (Å²) < 4.78 is 2.12. The zero-order chi connectivity index (χ0) is 15.8. The molecule has 0 aromatic carbocycles. The maximum atomic E-state index is 6.22. The highest BCUT2D eigenvalue weighted by atomic mass is 35.5. The molecular weight excluding hydrogens is 310 g/mol. The van der Waals surface area contributed by atoms with Crippen molar-refractivity contribution in [2.45, 2.75) is 38.0 Å². The third-order valence-corrected chi connectivity index (χ3v) is 5.07. The highest BCUT2D eigenvalue weighted by molar-refractivity contribution is 6.29. The summed E-state index contributed by atoms with van der Waals surface area (Å²) in [4.78, 5) is 16.0. The fraction of sp³-hybridized carbons (Fsp3) is 0.588. The van der Waals surface area contributed by atoms with Gasteiger partial charge in [-0.15, -0.1) is 0 Å². The molecule has 0 spiro atoms. The van der Waals surface area contributed by atoms with Gasteiger partial charge in [0.25, 0.3) is 0 Å². The van der Waals surface area contributed by atoms with Gasteiger partial charge in [-0.2, -0.15) is 0 Å². The molecule has 2 aromatic heterocycles. The molecular formula is C17H22ClN5. The quantitative estimate of drug-likeness (QED) is 0.807. The van der Waals surface area contributed by atoms with Gasteiger partial charge in [-0.1, -0.05) is 11.6 Å². The van der Waals surface area contributed by atoms with Crippen molar-refractivity contribution in [3.05, 3.63) is 35.3 Å². The van der Waals surface area contributed by atoms with Crippen LogP contribution in [0.2, 0.25) is 5.15 Å². The van der Waals surface area contributed by atoms with Crippen LogP contribution in [0.1, 0.15) is 43.3 Å². The van der Waals surface area contributed by atoms with Crippen molar-refractivity contribution in [2.24, 2.45) is 13.0 Å². The lowest BCUT2D eigenvalue weighted by Gasteiger charge is -2.33. The molecule has 122 valence electrons. The topological polar surface area (TPSA) is 46.8 Å². The van der Waals surface area contributed by atoms with Crippen molar-refractivity contribution in [1.29, 1.82) is 0 Å². The Bertz CT molecular complexity index is 694. The minimum absolute atomic E-state index is 0.528. The van der Waals surface area contributed by atoms with Crippen LogP contribution in [0.5, 0.6) is 0 Å². The highest BCUT2D eigenvalue weighted by Gasteiger charge is 2.29. The molecule has 0 bridgehead atoms. The van der Waals surface area contributed by atoms with E-state index >= 15 is 0 Å². The third-order valence-electron chi connectivity index (χ3n) is 4.88. The average Bonchev–Trinajstić information content (AvgIpc) is 3.32. The number of anilines is 1. The van der Waals surface area contributed by atoms with Gasteiger partial charge in [-0.05, 0) is 31.6 Å². The molecule has 6 heteroatoms. The summed E-state index contributed by atoms with van der Waals surface area (Å²) in [7, 11) is 2.06. The number of hydrogen-bond donors (Lipinski definition) is 0. The van der Waals surface area contributed by atoms with E-state index in [0.717, 1.165) is 37.0 Å². The summed E-state index contributed by atoms with van der Waals surface area (Å²) in [6.07, 6.45) is 9.74. The second kappa shape index (κ2) is 6.11. The van der Waals surface area contributed by atoms with E-state index < -0.39 is 0 Å². The molecule has 1 saturated heterocycles. The van der Waals surface area contributed by atoms with E-state index in [1.54, 1.807) is 0 Å². The Morgan fingerprint density at radius 1 is 1.26 bits per heavy atom. The minimum atomic E-state index is 0.528. The van der Waals surface area contributed by atoms with Crippen LogP contribution in [0, 0.1) is 5.92 Å². The molecule has 1 unspecified atom stereocenters. The van der Waals surface area contributed by atoms with Crippen LogP contribution in [0.15, 0.2) is 18.5 Å². The van der Waals surface area contributed by atoms with Crippen molar-refractivity contribution in [3.8, 4) is 0 Å². The first-order valence-electron chi connectivity index (χ1n) is 8.44. The van der Waals surface area contributed by atoms with Crippen molar-refractivity contribution in [3.63, 3.8) is 0 Å². The van der Waals surface area contributed by atoms with Crippen LogP contribution >= 0.6 is 11.6 Å². The summed E-state index contributed by atoms with van der Waals surface area (Å²) in [5, 5.41) is 0.572. The van der Waals surface area contributed by atoms with Crippen LogP contribution in [0.4, 0.5) is 5.82 Å². The SMILES string of the molecule is Cn1ccnc1CC1CCCN(c2cc(Cl)nc(C3CC3)n2)C1. The Labute approximate surface area is 141 Å². The van der Waals surface area contributed by atoms with E-state index in [1.165, 1.54) is 25.7 Å². The predicted octanol–water partition coefficient (Wildman–Crippen LogP) is 3.20. The largest absolute Gasteiger partial charge is 0.356 e. The number of aromatic nitrogens is 4. The smallest absolute Gasteiger partial charge is 0.135 e. The van der Waals surface area contributed by atoms with Crippen LogP contribution in [-0.2, 0) is 13.5 Å². The molecule has 2 aromatic rings. The maximum Gasteiger partial charge on any atom is 0.135 e. The van der Waals surface area contributed by atoms with Gasteiger partial charge in [0.15, 0.2) is 0 Å². The van der Waals surface area contributed by atoms with E-state index in [1.807, 2.05) is 18.5 Å². The van der Waals surface area contributed by atoms with E-state index in [0.29, 0.717) is 17.0 Å². The molecule has 1 saturated carbocycles. The van der Waals surface area contributed by atoms with Crippen molar-refractivity contribution >= 4 is 17.4 Å². The van der Waals surface area contributed by atoms with Gasteiger partial charge in [-0.3, -0.25) is 0 Å². The van der Waals surface area contributed by atoms with Gasteiger partial charge in [-0.25, -0.2) is 15.0 Å². The van der Waals surface area contributed by atoms with E-state index in [9.17, 15) is 0 Å². The molecule has 1 aliphatic carbocycles. The molecule has 2 aliphatic rings. The number of aryl methyl sites for hydroxylation is 1. The van der Waals surface area contributed by atoms with Crippen LogP contribution in [0.3, 0.4) is 0 Å². The Balaban J connectivity index is 1.49. The lowest BCUT2D eigenvalue weighted by atomic mass is 9.94. The summed E-state index contributed by atoms with van der Waals surface area (Å²) in [5.41, 5.74) is 0. The molecule has 0 amide bonds. The third kappa shape index (κ3) is 3.34. The van der Waals surface area contributed by atoms with E-state index in [2.05, 4.69) is 26.5 Å². The summed E-state index contributed by atoms with van der Waals surface area (Å²) in [6, 6.07) is 1.91. The predicted molar refractivity (Wildman–Crippen MR) is 90.9 cm³/mol. The van der Waals surface area contributed by atoms with Gasteiger partial charge >= 0.3 is 0 Å². The normalized spacial score (nSPS) is 21.7. The van der Waals surface area contributed by atoms with Gasteiger partial charge in [0.2, 0.25) is 0 Å². The monoisotopic (exact) mass is 331 g/mol. The fourth-order valence-corrected chi connectivity index (χ4v) is 3.58. The summed E-state index contributed by atoms with van der Waals surface area (Å²) >= 11 is 6.22. The summed E-state index contributed by atoms with van der Waals surface area (Å²) in [6.45, 7) is 2.07. The van der Waals surface area contributed by atoms with Crippen LogP contribution in [0.25, 0.3) is 0 Å². The van der Waals surface area contributed by atoms with Gasteiger partial charge < -0.3 is 9.47 Å². The Kier molecular flexibility index (Phi) is 3.97. The lowest BCUT2D eigenvalue weighted by molar-refractivity contribution is 0.401. The van der Waals surface area contributed by atoms with Gasteiger partial charge in [0.1, 0.15) is 22.6 Å². The maximum absolute atomic E-state index is 6.22. The van der Waals surface area contributed by atoms with Gasteiger partial charge in [0.05, 0.1) is 0 Å². The minimum Gasteiger partial charge on any atom is -0.356 e. The van der Waals surface area contributed by atoms with E-state index in [-0.39, 0.29) is 0 Å². The van der Waals surface area contributed by atoms with Crippen molar-refractivity contribution in [1.82, 2.24) is 19.5 Å². The Morgan fingerprint density at radius 3 is 2.87 bits per heavy atom. The first kappa shape index (κ1) is 14.9. The standard InChI is InChI=1S/C17H22ClN5/c1-22-8-6-19-15(22)9-12-3-2-7-23(11-12)16-10-14(18)20-17(21-16)13-4-5-13/h6,8,10,12-13H,2-5,7,9,11H2,1H3. The molecule has 1 atom stereocenters. The molecule has 3 heterocycles. The molecule has 2 fully saturated rings. The van der Waals surface area contributed by atoms with Crippen molar-refractivity contribution < 1.29 is 0 Å². The lowest BCUT2D eigenvalue weighted by Crippen LogP contribution is -2.37. The Morgan fingerprint density at radius 2 is 2.13 bits per heavy atom. The molecule has 0 N–H and O–H groups in total. The second-order valence-corrected chi connectivity index (χ2v) is 7.18. The second-order valence-electron chi connectivity index (χ2n) is 6.79. The highest BCUT2D eigenvalue weighted by Crippen LogP contribution is 2.39. The first-order chi connectivity index (χ1) is 11.2. The molecule has 5 nitrogen and oxygen atoms in total. The number of rotatable bonds is 4. The van der Waals surface area contributed by atoms with Gasteiger partial charge in [0, 0.05) is 50.9 Å². The van der Waals surface area contributed by atoms with Crippen LogP contribution < -0.4 is 4.90 Å². The number of hydrogen-bond acceptors (Lipinski definition) is 4. The van der Waals surface area contributed by atoms with E-state index in [4.69, 9.17) is 16.6 Å². The molecule has 1 aliphatic heterocycles. The number of imidazole rings is 1. The number of halogens is 1. The summed E-state index contributed by atoms with van der Waals surface area (Å²) in [5.74, 6) is 4.23. The molecule has 4 rings (SSSR count). The number of nitrogens with zero attached hydrogens (tertiary/aromatic N) is 5. The Hall–Kier alpha value is -1.62.